The van der Waals surface area contributed by atoms with E-state index in [0.717, 1.165) is 17.7 Å². The molecule has 0 fully saturated rings. The van der Waals surface area contributed by atoms with Crippen molar-refractivity contribution >= 4 is 17.3 Å². The predicted molar refractivity (Wildman–Crippen MR) is 70.9 cm³/mol. The van der Waals surface area contributed by atoms with Crippen LogP contribution in [0.15, 0.2) is 12.1 Å². The van der Waals surface area contributed by atoms with Crippen LogP contribution in [-0.2, 0) is 11.2 Å². The first-order valence-electron chi connectivity index (χ1n) is 6.02. The molecule has 1 aromatic heterocycles. The van der Waals surface area contributed by atoms with Gasteiger partial charge >= 0.3 is 5.97 Å². The number of carbonyl (C=O) groups excluding carboxylic acids is 1. The molecule has 2 N–H and O–H groups in total. The van der Waals surface area contributed by atoms with Crippen molar-refractivity contribution in [3.05, 3.63) is 21.9 Å². The average Bonchev–Trinajstić information content (AvgIpc) is 2.85. The zero-order valence-electron chi connectivity index (χ0n) is 10.8. The highest BCUT2D eigenvalue weighted by Gasteiger charge is 2.25. The van der Waals surface area contributed by atoms with Crippen LogP contribution in [0.1, 0.15) is 34.8 Å². The lowest BCUT2D eigenvalue weighted by molar-refractivity contribution is -0.00595. The van der Waals surface area contributed by atoms with Gasteiger partial charge in [0.1, 0.15) is 11.5 Å². The van der Waals surface area contributed by atoms with Crippen molar-refractivity contribution in [2.45, 2.75) is 26.7 Å². The topological polar surface area (TPSA) is 66.8 Å². The van der Waals surface area contributed by atoms with Crippen molar-refractivity contribution in [3.8, 4) is 0 Å². The molecule has 0 aromatic carbocycles. The molecule has 0 aliphatic rings. The van der Waals surface area contributed by atoms with Gasteiger partial charge in [-0.25, -0.2) is 4.79 Å². The molecule has 5 heteroatoms. The van der Waals surface area contributed by atoms with E-state index in [1.54, 1.807) is 13.0 Å². The number of aliphatic hydroxyl groups is 2. The Morgan fingerprint density at radius 3 is 2.61 bits per heavy atom. The third kappa shape index (κ3) is 4.08. The number of hydrogen-bond donors (Lipinski definition) is 2. The lowest BCUT2D eigenvalue weighted by Crippen LogP contribution is -2.32. The summed E-state index contributed by atoms with van der Waals surface area (Å²) < 4.78 is 5.12. The fourth-order valence-electron chi connectivity index (χ4n) is 1.32. The molecule has 0 spiro atoms. The van der Waals surface area contributed by atoms with Crippen LogP contribution in [0.25, 0.3) is 0 Å². The van der Waals surface area contributed by atoms with Crippen LogP contribution < -0.4 is 0 Å². The minimum atomic E-state index is -0.779. The van der Waals surface area contributed by atoms with E-state index in [-0.39, 0.29) is 19.8 Å². The molecule has 0 saturated heterocycles. The molecular weight excluding hydrogens is 252 g/mol. The van der Waals surface area contributed by atoms with E-state index in [2.05, 4.69) is 6.92 Å². The van der Waals surface area contributed by atoms with E-state index in [1.807, 2.05) is 6.07 Å². The summed E-state index contributed by atoms with van der Waals surface area (Å²) >= 11 is 1.43. The molecule has 102 valence electrons. The Morgan fingerprint density at radius 2 is 2.06 bits per heavy atom. The largest absolute Gasteiger partial charge is 0.461 e. The Hall–Kier alpha value is -0.910. The summed E-state index contributed by atoms with van der Waals surface area (Å²) in [5, 5.41) is 18.2. The van der Waals surface area contributed by atoms with E-state index in [4.69, 9.17) is 14.9 Å². The van der Waals surface area contributed by atoms with E-state index in [1.165, 1.54) is 11.3 Å². The number of thiophene rings is 1. The van der Waals surface area contributed by atoms with E-state index < -0.39 is 11.4 Å². The Kier molecular flexibility index (Phi) is 5.78. The van der Waals surface area contributed by atoms with Crippen molar-refractivity contribution in [2.75, 3.05) is 19.8 Å². The SMILES string of the molecule is CCCc1ccc(C(=O)OCC(C)(CO)CO)s1. The number of esters is 1. The smallest absolute Gasteiger partial charge is 0.348 e. The van der Waals surface area contributed by atoms with Gasteiger partial charge in [-0.1, -0.05) is 20.3 Å². The molecule has 0 bridgehead atoms. The van der Waals surface area contributed by atoms with Crippen LogP contribution in [0.5, 0.6) is 0 Å². The van der Waals surface area contributed by atoms with Crippen LogP contribution in [0.4, 0.5) is 0 Å². The Morgan fingerprint density at radius 1 is 1.39 bits per heavy atom. The lowest BCUT2D eigenvalue weighted by atomic mass is 9.95. The van der Waals surface area contributed by atoms with Gasteiger partial charge in [0, 0.05) is 10.3 Å². The van der Waals surface area contributed by atoms with Crippen molar-refractivity contribution in [1.29, 1.82) is 0 Å². The molecule has 0 saturated carbocycles. The quantitative estimate of drug-likeness (QED) is 0.743. The molecule has 0 aliphatic heterocycles. The molecule has 0 aliphatic carbocycles. The maximum Gasteiger partial charge on any atom is 0.348 e. The Bertz CT molecular complexity index is 382. The lowest BCUT2D eigenvalue weighted by Gasteiger charge is -2.23. The minimum Gasteiger partial charge on any atom is -0.461 e. The molecular formula is C13H20O4S. The van der Waals surface area contributed by atoms with E-state index in [9.17, 15) is 4.79 Å². The molecule has 1 heterocycles. The standard InChI is InChI=1S/C13H20O4S/c1-3-4-10-5-6-11(18-10)12(16)17-9-13(2,7-14)8-15/h5-6,14-15H,3-4,7-9H2,1-2H3. The second-order valence-corrected chi connectivity index (χ2v) is 5.89. The van der Waals surface area contributed by atoms with Gasteiger partial charge in [-0.3, -0.25) is 0 Å². The number of ether oxygens (including phenoxy) is 1. The second-order valence-electron chi connectivity index (χ2n) is 4.72. The van der Waals surface area contributed by atoms with Crippen molar-refractivity contribution in [2.24, 2.45) is 5.41 Å². The normalized spacial score (nSPS) is 11.6. The highest BCUT2D eigenvalue weighted by atomic mass is 32.1. The monoisotopic (exact) mass is 272 g/mol. The molecule has 1 aromatic rings. The van der Waals surface area contributed by atoms with Gasteiger partial charge in [-0.05, 0) is 18.6 Å². The summed E-state index contributed by atoms with van der Waals surface area (Å²) in [5.74, 6) is -0.393. The third-order valence-electron chi connectivity index (χ3n) is 2.67. The van der Waals surface area contributed by atoms with Gasteiger partial charge in [0.2, 0.25) is 0 Å². The Balaban J connectivity index is 2.54. The van der Waals surface area contributed by atoms with Gasteiger partial charge in [0.15, 0.2) is 0 Å². The van der Waals surface area contributed by atoms with Gasteiger partial charge < -0.3 is 14.9 Å². The molecule has 0 atom stereocenters. The second kappa shape index (κ2) is 6.87. The minimum absolute atomic E-state index is 0.0137. The molecule has 0 amide bonds. The summed E-state index contributed by atoms with van der Waals surface area (Å²) in [6, 6.07) is 3.69. The molecule has 1 rings (SSSR count). The van der Waals surface area contributed by atoms with Crippen molar-refractivity contribution in [1.82, 2.24) is 0 Å². The molecule has 0 unspecified atom stereocenters. The Labute approximate surface area is 111 Å². The first-order valence-corrected chi connectivity index (χ1v) is 6.84. The van der Waals surface area contributed by atoms with Crippen LogP contribution in [0.3, 0.4) is 0 Å². The average molecular weight is 272 g/mol. The van der Waals surface area contributed by atoms with E-state index >= 15 is 0 Å². The maximum absolute atomic E-state index is 11.8. The highest BCUT2D eigenvalue weighted by molar-refractivity contribution is 7.13. The number of rotatable bonds is 7. The van der Waals surface area contributed by atoms with Crippen LogP contribution in [-0.4, -0.2) is 36.0 Å². The van der Waals surface area contributed by atoms with Gasteiger partial charge in [0.25, 0.3) is 0 Å². The first-order chi connectivity index (χ1) is 8.54. The van der Waals surface area contributed by atoms with Crippen molar-refractivity contribution in [3.63, 3.8) is 0 Å². The fraction of sp³-hybridized carbons (Fsp3) is 0.615. The predicted octanol–water partition coefficient (Wildman–Crippen LogP) is 1.85. The molecule has 18 heavy (non-hydrogen) atoms. The van der Waals surface area contributed by atoms with E-state index in [0.29, 0.717) is 4.88 Å². The summed E-state index contributed by atoms with van der Waals surface area (Å²) in [6.07, 6.45) is 2.00. The van der Waals surface area contributed by atoms with Crippen LogP contribution >= 0.6 is 11.3 Å². The summed E-state index contributed by atoms with van der Waals surface area (Å²) in [5.41, 5.74) is -0.779. The van der Waals surface area contributed by atoms with Crippen molar-refractivity contribution < 1.29 is 19.7 Å². The maximum atomic E-state index is 11.8. The molecule has 0 radical (unpaired) electrons. The summed E-state index contributed by atoms with van der Waals surface area (Å²) in [7, 11) is 0. The number of aliphatic hydroxyl groups excluding tert-OH is 2. The first kappa shape index (κ1) is 15.1. The highest BCUT2D eigenvalue weighted by Crippen LogP contribution is 2.21. The van der Waals surface area contributed by atoms with Gasteiger partial charge in [0.05, 0.1) is 13.2 Å². The van der Waals surface area contributed by atoms with Crippen LogP contribution in [0.2, 0.25) is 0 Å². The fourth-order valence-corrected chi connectivity index (χ4v) is 2.32. The molecule has 4 nitrogen and oxygen atoms in total. The van der Waals surface area contributed by atoms with Gasteiger partial charge in [-0.15, -0.1) is 11.3 Å². The van der Waals surface area contributed by atoms with Crippen LogP contribution in [0, 0.1) is 5.41 Å². The summed E-state index contributed by atoms with van der Waals surface area (Å²) in [6.45, 7) is 3.33. The number of aryl methyl sites for hydroxylation is 1. The zero-order valence-corrected chi connectivity index (χ0v) is 11.6. The third-order valence-corrected chi connectivity index (χ3v) is 3.80. The number of carbonyl (C=O) groups is 1. The zero-order chi connectivity index (χ0) is 13.6. The number of hydrogen-bond acceptors (Lipinski definition) is 5. The summed E-state index contributed by atoms with van der Waals surface area (Å²) in [4.78, 5) is 13.5. The van der Waals surface area contributed by atoms with Gasteiger partial charge in [-0.2, -0.15) is 0 Å².